The number of nitriles is 1. The van der Waals surface area contributed by atoms with E-state index in [9.17, 15) is 14.9 Å². The van der Waals surface area contributed by atoms with E-state index in [1.807, 2.05) is 13.8 Å². The van der Waals surface area contributed by atoms with Gasteiger partial charge >= 0.3 is 11.9 Å². The maximum atomic E-state index is 12.9. The van der Waals surface area contributed by atoms with Crippen LogP contribution in [0.5, 0.6) is 0 Å². The van der Waals surface area contributed by atoms with Crippen LogP contribution in [-0.4, -0.2) is 25.7 Å². The molecule has 1 heterocycles. The Hall–Kier alpha value is -3.07. The summed E-state index contributed by atoms with van der Waals surface area (Å²) in [6.07, 6.45) is 0. The summed E-state index contributed by atoms with van der Waals surface area (Å²) in [6, 6.07) is 8.96. The third-order valence-corrected chi connectivity index (χ3v) is 4.28. The van der Waals surface area contributed by atoms with Gasteiger partial charge < -0.3 is 14.8 Å². The molecule has 0 radical (unpaired) electrons. The molecule has 142 valence electrons. The first-order chi connectivity index (χ1) is 12.8. The summed E-state index contributed by atoms with van der Waals surface area (Å²) in [7, 11) is 1.30. The Morgan fingerprint density at radius 3 is 2.37 bits per heavy atom. The number of hydrogen-bond donors (Lipinski definition) is 1. The first-order valence-electron chi connectivity index (χ1n) is 8.74. The summed E-state index contributed by atoms with van der Waals surface area (Å²) in [5.41, 5.74) is 2.99. The highest BCUT2D eigenvalue weighted by molar-refractivity contribution is 5.99. The minimum absolute atomic E-state index is 0.184. The molecule has 1 aromatic carbocycles. The third kappa shape index (κ3) is 4.37. The number of hydrogen-bond acceptors (Lipinski definition) is 6. The second-order valence-electron chi connectivity index (χ2n) is 6.86. The summed E-state index contributed by atoms with van der Waals surface area (Å²) < 4.78 is 10.4. The van der Waals surface area contributed by atoms with Gasteiger partial charge in [0.25, 0.3) is 0 Å². The molecule has 6 nitrogen and oxygen atoms in total. The van der Waals surface area contributed by atoms with Crippen molar-refractivity contribution in [2.75, 3.05) is 13.7 Å². The Bertz CT molecular complexity index is 859. The molecule has 0 saturated heterocycles. The number of allylic oxidation sites excluding steroid dienone is 2. The van der Waals surface area contributed by atoms with Crippen molar-refractivity contribution < 1.29 is 19.1 Å². The molecule has 27 heavy (non-hydrogen) atoms. The van der Waals surface area contributed by atoms with Crippen molar-refractivity contribution in [1.29, 1.82) is 5.26 Å². The van der Waals surface area contributed by atoms with Crippen LogP contribution < -0.4 is 5.32 Å². The molecule has 1 N–H and O–H groups in total. The largest absolute Gasteiger partial charge is 0.466 e. The maximum Gasteiger partial charge on any atom is 0.336 e. The molecule has 1 atom stereocenters. The molecule has 0 fully saturated rings. The molecule has 0 saturated carbocycles. The summed E-state index contributed by atoms with van der Waals surface area (Å²) in [4.78, 5) is 25.4. The van der Waals surface area contributed by atoms with Gasteiger partial charge in [0.05, 0.1) is 42.4 Å². The Labute approximate surface area is 159 Å². The second-order valence-corrected chi connectivity index (χ2v) is 6.86. The quantitative estimate of drug-likeness (QED) is 0.803. The van der Waals surface area contributed by atoms with Crippen LogP contribution in [0.2, 0.25) is 0 Å². The highest BCUT2D eigenvalue weighted by Gasteiger charge is 2.37. The van der Waals surface area contributed by atoms with Gasteiger partial charge in [-0.2, -0.15) is 5.26 Å². The molecule has 2 rings (SSSR count). The fourth-order valence-electron chi connectivity index (χ4n) is 3.09. The number of esters is 2. The van der Waals surface area contributed by atoms with Crippen LogP contribution in [0.3, 0.4) is 0 Å². The van der Waals surface area contributed by atoms with Crippen molar-refractivity contribution in [1.82, 2.24) is 5.32 Å². The van der Waals surface area contributed by atoms with E-state index in [2.05, 4.69) is 11.4 Å². The highest BCUT2D eigenvalue weighted by Crippen LogP contribution is 2.39. The van der Waals surface area contributed by atoms with Crippen LogP contribution in [0.25, 0.3) is 0 Å². The molecule has 1 aromatic rings. The zero-order valence-electron chi connectivity index (χ0n) is 16.3. The smallest absolute Gasteiger partial charge is 0.336 e. The molecule has 0 bridgehead atoms. The summed E-state index contributed by atoms with van der Waals surface area (Å²) in [5, 5.41) is 12.3. The van der Waals surface area contributed by atoms with E-state index in [1.165, 1.54) is 7.11 Å². The van der Waals surface area contributed by atoms with Gasteiger partial charge in [-0.3, -0.25) is 0 Å². The zero-order chi connectivity index (χ0) is 20.1. The fourth-order valence-corrected chi connectivity index (χ4v) is 3.09. The van der Waals surface area contributed by atoms with Crippen LogP contribution in [0.4, 0.5) is 0 Å². The van der Waals surface area contributed by atoms with Crippen LogP contribution in [0, 0.1) is 17.2 Å². The van der Waals surface area contributed by atoms with E-state index in [4.69, 9.17) is 9.47 Å². The standard InChI is InChI=1S/C21H24N2O4/c1-12(2)11-27-21(25)18-14(4)23-13(3)17(20(24)26-5)19(18)16-8-6-7-15(9-16)10-22/h6-9,12,19,23H,11H2,1-5H3. The third-order valence-electron chi connectivity index (χ3n) is 4.28. The number of dihydropyridines is 1. The average molecular weight is 368 g/mol. The molecular formula is C21H24N2O4. The number of benzene rings is 1. The summed E-state index contributed by atoms with van der Waals surface area (Å²) in [6.45, 7) is 7.70. The predicted molar refractivity (Wildman–Crippen MR) is 100 cm³/mol. The van der Waals surface area contributed by atoms with E-state index < -0.39 is 17.9 Å². The van der Waals surface area contributed by atoms with Crippen molar-refractivity contribution in [3.63, 3.8) is 0 Å². The van der Waals surface area contributed by atoms with Gasteiger partial charge in [-0.25, -0.2) is 9.59 Å². The van der Waals surface area contributed by atoms with Gasteiger partial charge in [-0.15, -0.1) is 0 Å². The van der Waals surface area contributed by atoms with E-state index >= 15 is 0 Å². The van der Waals surface area contributed by atoms with Gasteiger partial charge in [0.2, 0.25) is 0 Å². The van der Waals surface area contributed by atoms with Gasteiger partial charge in [0.1, 0.15) is 0 Å². The topological polar surface area (TPSA) is 88.4 Å². The average Bonchev–Trinajstić information content (AvgIpc) is 2.64. The molecule has 0 amide bonds. The molecule has 1 aliphatic heterocycles. The molecule has 0 spiro atoms. The number of rotatable bonds is 5. The molecule has 0 aliphatic carbocycles. The fraction of sp³-hybridized carbons (Fsp3) is 0.381. The molecular weight excluding hydrogens is 344 g/mol. The van der Waals surface area contributed by atoms with Crippen LogP contribution in [-0.2, 0) is 19.1 Å². The Morgan fingerprint density at radius 2 is 1.81 bits per heavy atom. The highest BCUT2D eigenvalue weighted by atomic mass is 16.5. The monoisotopic (exact) mass is 368 g/mol. The number of nitrogens with one attached hydrogen (secondary N) is 1. The van der Waals surface area contributed by atoms with Crippen molar-refractivity contribution in [3.05, 3.63) is 57.9 Å². The van der Waals surface area contributed by atoms with E-state index in [0.29, 0.717) is 33.7 Å². The number of carbonyl (C=O) groups excluding carboxylic acids is 2. The minimum Gasteiger partial charge on any atom is -0.466 e. The lowest BCUT2D eigenvalue weighted by Gasteiger charge is -2.30. The summed E-state index contributed by atoms with van der Waals surface area (Å²) >= 11 is 0. The number of nitrogens with zero attached hydrogens (tertiary/aromatic N) is 1. The first kappa shape index (κ1) is 20.2. The lowest BCUT2D eigenvalue weighted by molar-refractivity contribution is -0.140. The second kappa shape index (κ2) is 8.54. The summed E-state index contributed by atoms with van der Waals surface area (Å²) in [5.74, 6) is -1.51. The van der Waals surface area contributed by atoms with E-state index in [-0.39, 0.29) is 12.5 Å². The van der Waals surface area contributed by atoms with E-state index in [0.717, 1.165) is 0 Å². The van der Waals surface area contributed by atoms with Crippen LogP contribution >= 0.6 is 0 Å². The van der Waals surface area contributed by atoms with Gasteiger partial charge in [0.15, 0.2) is 0 Å². The van der Waals surface area contributed by atoms with Crippen molar-refractivity contribution >= 4 is 11.9 Å². The Balaban J connectivity index is 2.61. The normalized spacial score (nSPS) is 16.7. The van der Waals surface area contributed by atoms with Crippen molar-refractivity contribution in [2.24, 2.45) is 5.92 Å². The lowest BCUT2D eigenvalue weighted by atomic mass is 9.80. The molecule has 6 heteroatoms. The number of carbonyl (C=O) groups is 2. The molecule has 1 aliphatic rings. The van der Waals surface area contributed by atoms with Crippen molar-refractivity contribution in [3.8, 4) is 6.07 Å². The molecule has 0 aromatic heterocycles. The van der Waals surface area contributed by atoms with Crippen LogP contribution in [0.1, 0.15) is 44.7 Å². The Kier molecular flexibility index (Phi) is 6.40. The Morgan fingerprint density at radius 1 is 1.19 bits per heavy atom. The zero-order valence-corrected chi connectivity index (χ0v) is 16.3. The first-order valence-corrected chi connectivity index (χ1v) is 8.74. The van der Waals surface area contributed by atoms with Gasteiger partial charge in [-0.1, -0.05) is 26.0 Å². The maximum absolute atomic E-state index is 12.9. The number of methoxy groups -OCH3 is 1. The molecule has 1 unspecified atom stereocenters. The van der Waals surface area contributed by atoms with Crippen LogP contribution in [0.15, 0.2) is 46.8 Å². The van der Waals surface area contributed by atoms with Gasteiger partial charge in [0, 0.05) is 11.4 Å². The van der Waals surface area contributed by atoms with E-state index in [1.54, 1.807) is 38.1 Å². The van der Waals surface area contributed by atoms with Crippen molar-refractivity contribution in [2.45, 2.75) is 33.6 Å². The predicted octanol–water partition coefficient (Wildman–Crippen LogP) is 3.17. The minimum atomic E-state index is -0.674. The number of ether oxygens (including phenoxy) is 2. The lowest BCUT2D eigenvalue weighted by Crippen LogP contribution is -2.32. The van der Waals surface area contributed by atoms with Gasteiger partial charge in [-0.05, 0) is 37.5 Å². The SMILES string of the molecule is COC(=O)C1=C(C)NC(C)=C(C(=O)OCC(C)C)C1c1cccc(C#N)c1.